The zero-order valence-electron chi connectivity index (χ0n) is 22.2. The fraction of sp³-hybridized carbons (Fsp3) is 0.786. The SMILES string of the molecule is CCCCCCCCCCCc1ccc(SP([O-])([O-])=S)c(CCCCCCCCCCC)c1.[Zn+2]. The van der Waals surface area contributed by atoms with Crippen LogP contribution < -0.4 is 9.79 Å². The maximum atomic E-state index is 11.7. The van der Waals surface area contributed by atoms with Crippen LogP contribution in [0.3, 0.4) is 0 Å². The zero-order chi connectivity index (χ0) is 24.2. The van der Waals surface area contributed by atoms with Gasteiger partial charge in [-0.25, -0.2) is 0 Å². The van der Waals surface area contributed by atoms with E-state index in [1.54, 1.807) is 0 Å². The van der Waals surface area contributed by atoms with E-state index in [4.69, 9.17) is 0 Å². The fourth-order valence-corrected chi connectivity index (χ4v) is 7.09. The summed E-state index contributed by atoms with van der Waals surface area (Å²) in [5.74, 6) is 0. The molecule has 2 nitrogen and oxygen atoms in total. The van der Waals surface area contributed by atoms with Gasteiger partial charge in [0.2, 0.25) is 0 Å². The molecule has 0 fully saturated rings. The number of benzene rings is 1. The molecule has 0 N–H and O–H groups in total. The monoisotopic (exact) mass is 576 g/mol. The molecule has 0 heterocycles. The molecule has 0 atom stereocenters. The number of hydrogen-bond donors (Lipinski definition) is 0. The van der Waals surface area contributed by atoms with Gasteiger partial charge in [-0.1, -0.05) is 129 Å². The first kappa shape index (κ1) is 34.8. The van der Waals surface area contributed by atoms with Crippen LogP contribution in [0.5, 0.6) is 0 Å². The Balaban J connectivity index is 0.0000109. The van der Waals surface area contributed by atoms with E-state index in [9.17, 15) is 9.79 Å². The van der Waals surface area contributed by atoms with Crippen molar-refractivity contribution >= 4 is 28.9 Å². The van der Waals surface area contributed by atoms with Crippen molar-refractivity contribution in [3.63, 3.8) is 0 Å². The Morgan fingerprint density at radius 3 is 1.50 bits per heavy atom. The van der Waals surface area contributed by atoms with Gasteiger partial charge < -0.3 is 9.79 Å². The summed E-state index contributed by atoms with van der Waals surface area (Å²) in [7, 11) is 0. The minimum atomic E-state index is -3.79. The van der Waals surface area contributed by atoms with Crippen LogP contribution >= 0.6 is 17.1 Å². The first-order valence-electron chi connectivity index (χ1n) is 13.8. The Bertz CT molecular complexity index is 651. The Kier molecular flexibility index (Phi) is 23.4. The third-order valence-corrected chi connectivity index (χ3v) is 9.20. The first-order valence-corrected chi connectivity index (χ1v) is 17.9. The molecule has 0 spiro atoms. The minimum absolute atomic E-state index is 0. The molecule has 0 aromatic heterocycles. The van der Waals surface area contributed by atoms with Crippen molar-refractivity contribution in [1.82, 2.24) is 0 Å². The molecule has 1 aromatic carbocycles. The van der Waals surface area contributed by atoms with E-state index in [-0.39, 0.29) is 19.5 Å². The van der Waals surface area contributed by atoms with Crippen molar-refractivity contribution < 1.29 is 29.3 Å². The van der Waals surface area contributed by atoms with Crippen molar-refractivity contribution in [3.8, 4) is 0 Å². The summed E-state index contributed by atoms with van der Waals surface area (Å²) in [6, 6.07) is 6.36. The van der Waals surface area contributed by atoms with E-state index >= 15 is 0 Å². The maximum absolute atomic E-state index is 11.7. The van der Waals surface area contributed by atoms with Crippen LogP contribution in [0.4, 0.5) is 0 Å². The van der Waals surface area contributed by atoms with Crippen molar-refractivity contribution in [2.75, 3.05) is 0 Å². The molecule has 192 valence electrons. The summed E-state index contributed by atoms with van der Waals surface area (Å²) >= 11 is 5.55. The topological polar surface area (TPSA) is 46.1 Å². The Morgan fingerprint density at radius 2 is 1.06 bits per heavy atom. The second-order valence-corrected chi connectivity index (χ2v) is 15.3. The molecule has 34 heavy (non-hydrogen) atoms. The zero-order valence-corrected chi connectivity index (χ0v) is 27.7. The van der Waals surface area contributed by atoms with Gasteiger partial charge in [-0.05, 0) is 42.9 Å². The largest absolute Gasteiger partial charge is 2.00 e. The first-order chi connectivity index (χ1) is 16.0. The van der Waals surface area contributed by atoms with E-state index in [0.717, 1.165) is 35.5 Å². The van der Waals surface area contributed by atoms with Crippen molar-refractivity contribution in [2.45, 2.75) is 147 Å². The average molecular weight is 578 g/mol. The molecule has 1 aromatic rings. The van der Waals surface area contributed by atoms with Gasteiger partial charge in [0, 0.05) is 4.90 Å². The molecule has 0 bridgehead atoms. The van der Waals surface area contributed by atoms with E-state index in [2.05, 4.69) is 37.8 Å². The van der Waals surface area contributed by atoms with Gasteiger partial charge >= 0.3 is 19.5 Å². The van der Waals surface area contributed by atoms with Crippen LogP contribution in [-0.4, -0.2) is 0 Å². The molecule has 0 saturated heterocycles. The second kappa shape index (κ2) is 22.9. The van der Waals surface area contributed by atoms with Crippen LogP contribution in [0.25, 0.3) is 0 Å². The molecule has 0 aliphatic carbocycles. The van der Waals surface area contributed by atoms with Crippen LogP contribution in [0, 0.1) is 0 Å². The summed E-state index contributed by atoms with van der Waals surface area (Å²) in [4.78, 5) is 24.3. The summed E-state index contributed by atoms with van der Waals surface area (Å²) in [6.07, 6.45) is 25.8. The minimum Gasteiger partial charge on any atom is -0.824 e. The Labute approximate surface area is 233 Å². The standard InChI is InChI=1S/C28H51O2PS2.Zn/c1-3-5-7-9-11-13-15-17-19-21-26-23-24-28(33-31(29,30)32)27(25-26)22-20-18-16-14-12-10-8-6-4-2;/h23-25H,3-22H2,1-2H3,(H2,29,30,32);/q;+2/p-2. The van der Waals surface area contributed by atoms with Gasteiger partial charge in [0.25, 0.3) is 0 Å². The average Bonchev–Trinajstić information content (AvgIpc) is 2.77. The van der Waals surface area contributed by atoms with E-state index in [0.29, 0.717) is 0 Å². The summed E-state index contributed by atoms with van der Waals surface area (Å²) < 4.78 is 0. The number of rotatable bonds is 22. The number of aryl methyl sites for hydroxylation is 2. The second-order valence-electron chi connectivity index (χ2n) is 9.64. The number of unbranched alkanes of at least 4 members (excludes halogenated alkanes) is 16. The van der Waals surface area contributed by atoms with Gasteiger partial charge in [0.15, 0.2) is 0 Å². The third kappa shape index (κ3) is 19.9. The molecule has 0 aliphatic heterocycles. The van der Waals surface area contributed by atoms with Gasteiger partial charge in [0.1, 0.15) is 0 Å². The molecule has 1 rings (SSSR count). The predicted molar refractivity (Wildman–Crippen MR) is 148 cm³/mol. The fourth-order valence-electron chi connectivity index (χ4n) is 4.46. The normalized spacial score (nSPS) is 11.5. The van der Waals surface area contributed by atoms with Gasteiger partial charge in [-0.3, -0.25) is 0 Å². The van der Waals surface area contributed by atoms with E-state index in [1.807, 2.05) is 6.07 Å². The number of hydrogen-bond acceptors (Lipinski definition) is 4. The van der Waals surface area contributed by atoms with Gasteiger partial charge in [0.05, 0.1) is 0 Å². The van der Waals surface area contributed by atoms with E-state index in [1.165, 1.54) is 120 Å². The van der Waals surface area contributed by atoms with E-state index < -0.39 is 5.69 Å². The summed E-state index contributed by atoms with van der Waals surface area (Å²) in [5.41, 5.74) is -1.26. The van der Waals surface area contributed by atoms with Crippen molar-refractivity contribution in [3.05, 3.63) is 29.3 Å². The van der Waals surface area contributed by atoms with Gasteiger partial charge in [-0.2, -0.15) is 5.69 Å². The molecule has 0 radical (unpaired) electrons. The predicted octanol–water partition coefficient (Wildman–Crippen LogP) is 8.87. The molecule has 0 saturated carbocycles. The van der Waals surface area contributed by atoms with Crippen LogP contribution in [0.2, 0.25) is 0 Å². The Morgan fingerprint density at radius 1 is 0.647 bits per heavy atom. The Hall–Kier alpha value is 0.763. The molecule has 0 unspecified atom stereocenters. The van der Waals surface area contributed by atoms with Crippen LogP contribution in [-0.2, 0) is 44.1 Å². The van der Waals surface area contributed by atoms with Crippen LogP contribution in [0.15, 0.2) is 23.1 Å². The molecule has 6 heteroatoms. The van der Waals surface area contributed by atoms with Crippen molar-refractivity contribution in [1.29, 1.82) is 0 Å². The summed E-state index contributed by atoms with van der Waals surface area (Å²) in [5, 5.41) is 0. The van der Waals surface area contributed by atoms with Crippen LogP contribution in [0.1, 0.15) is 141 Å². The molecule has 0 aliphatic rings. The van der Waals surface area contributed by atoms with Gasteiger partial charge in [-0.15, -0.1) is 23.2 Å². The smallest absolute Gasteiger partial charge is 0.824 e. The molecule has 0 amide bonds. The van der Waals surface area contributed by atoms with Crippen molar-refractivity contribution in [2.24, 2.45) is 0 Å². The third-order valence-electron chi connectivity index (χ3n) is 6.45. The summed E-state index contributed by atoms with van der Waals surface area (Å²) in [6.45, 7) is 4.53. The maximum Gasteiger partial charge on any atom is 2.00 e. The molecular weight excluding hydrogens is 529 g/mol. The quantitative estimate of drug-likeness (QED) is 0.0784. The molecular formula is C28H49O2PS2Zn.